The molecule has 0 bridgehead atoms. The lowest BCUT2D eigenvalue weighted by Gasteiger charge is -2.30. The Morgan fingerprint density at radius 3 is 2.32 bits per heavy atom. The number of aryl methyl sites for hydroxylation is 1. The fourth-order valence-corrected chi connectivity index (χ4v) is 7.44. The Morgan fingerprint density at radius 2 is 1.70 bits per heavy atom. The molecule has 1 aromatic heterocycles. The minimum Gasteiger partial charge on any atom is -0.308 e. The average Bonchev–Trinajstić information content (AvgIpc) is 3.28. The molecule has 0 spiro atoms. The van der Waals surface area contributed by atoms with E-state index in [2.05, 4.69) is 0 Å². The summed E-state index contributed by atoms with van der Waals surface area (Å²) in [5.41, 5.74) is 2.20. The zero-order chi connectivity index (χ0) is 26.0. The third-order valence-electron chi connectivity index (χ3n) is 6.75. The normalized spacial score (nSPS) is 14.8. The number of thiazole rings is 1. The van der Waals surface area contributed by atoms with Gasteiger partial charge in [0, 0.05) is 36.8 Å². The van der Waals surface area contributed by atoms with Crippen LogP contribution in [0, 0.1) is 6.92 Å². The van der Waals surface area contributed by atoms with Gasteiger partial charge in [-0.3, -0.25) is 9.69 Å². The Bertz CT molecular complexity index is 1340. The van der Waals surface area contributed by atoms with Gasteiger partial charge in [0.25, 0.3) is 5.91 Å². The number of benzene rings is 2. The highest BCUT2D eigenvalue weighted by Crippen LogP contribution is 2.34. The number of amides is 1. The van der Waals surface area contributed by atoms with Crippen molar-refractivity contribution in [3.63, 3.8) is 0 Å². The lowest BCUT2D eigenvalue weighted by Crippen LogP contribution is -2.38. The first-order chi connectivity index (χ1) is 17.1. The third-order valence-corrected chi connectivity index (χ3v) is 9.92. The summed E-state index contributed by atoms with van der Waals surface area (Å²) in [5, 5.41) is 1.23. The molecule has 202 valence electrons. The molecule has 0 saturated heterocycles. The standard InChI is InChI=1S/C26H33ClN4O3S2.ClH/c1-18-16-20(27)17-23-24(18)28-26(35-23)31(15-14-29(2)3)25(32)19-10-12-22(13-11-19)36(33,34)30(4)21-8-6-5-7-9-21;/h10-13,16-17,21H,5-9,14-15H2,1-4H3;1H. The zero-order valence-corrected chi connectivity index (χ0v) is 24.8. The summed E-state index contributed by atoms with van der Waals surface area (Å²) in [4.78, 5) is 22.2. The molecule has 4 rings (SSSR count). The molecule has 1 aliphatic rings. The minimum absolute atomic E-state index is 0. The van der Waals surface area contributed by atoms with Crippen molar-refractivity contribution in [2.24, 2.45) is 0 Å². The Balaban J connectivity index is 0.00000380. The largest absolute Gasteiger partial charge is 0.308 e. The lowest BCUT2D eigenvalue weighted by atomic mass is 9.96. The predicted molar refractivity (Wildman–Crippen MR) is 155 cm³/mol. The molecule has 2 aromatic carbocycles. The van der Waals surface area contributed by atoms with Gasteiger partial charge in [-0.05, 0) is 75.8 Å². The van der Waals surface area contributed by atoms with E-state index in [1.165, 1.54) is 27.8 Å². The van der Waals surface area contributed by atoms with Gasteiger partial charge < -0.3 is 4.90 Å². The molecule has 1 saturated carbocycles. The van der Waals surface area contributed by atoms with E-state index in [-0.39, 0.29) is 29.3 Å². The first-order valence-corrected chi connectivity index (χ1v) is 14.8. The van der Waals surface area contributed by atoms with Crippen molar-refractivity contribution in [3.05, 3.63) is 52.5 Å². The number of carbonyl (C=O) groups excluding carboxylic acids is 1. The highest BCUT2D eigenvalue weighted by Gasteiger charge is 2.29. The molecule has 11 heteroatoms. The highest BCUT2D eigenvalue weighted by molar-refractivity contribution is 7.89. The van der Waals surface area contributed by atoms with Crippen molar-refractivity contribution in [1.29, 1.82) is 0 Å². The van der Waals surface area contributed by atoms with Gasteiger partial charge in [-0.2, -0.15) is 4.31 Å². The van der Waals surface area contributed by atoms with Gasteiger partial charge in [0.2, 0.25) is 10.0 Å². The second kappa shape index (κ2) is 12.4. The molecule has 0 atom stereocenters. The van der Waals surface area contributed by atoms with Crippen LogP contribution in [0.2, 0.25) is 5.02 Å². The first-order valence-electron chi connectivity index (χ1n) is 12.2. The Hall–Kier alpha value is -1.75. The van der Waals surface area contributed by atoms with Gasteiger partial charge >= 0.3 is 0 Å². The quantitative estimate of drug-likeness (QED) is 0.332. The molecule has 3 aromatic rings. The summed E-state index contributed by atoms with van der Waals surface area (Å²) in [6.07, 6.45) is 5.04. The summed E-state index contributed by atoms with van der Waals surface area (Å²) in [5.74, 6) is -0.218. The SMILES string of the molecule is Cc1cc(Cl)cc2sc(N(CCN(C)C)C(=O)c3ccc(S(=O)(=O)N(C)C4CCCCC4)cc3)nc12.Cl. The maximum Gasteiger partial charge on any atom is 0.260 e. The molecule has 1 aliphatic carbocycles. The number of fused-ring (bicyclic) bond motifs is 1. The molecular weight excluding hydrogens is 551 g/mol. The summed E-state index contributed by atoms with van der Waals surface area (Å²) in [7, 11) is 1.94. The molecule has 0 N–H and O–H groups in total. The lowest BCUT2D eigenvalue weighted by molar-refractivity contribution is 0.0985. The van der Waals surface area contributed by atoms with Crippen molar-refractivity contribution >= 4 is 66.6 Å². The van der Waals surface area contributed by atoms with Crippen LogP contribution in [0.5, 0.6) is 0 Å². The fraction of sp³-hybridized carbons (Fsp3) is 0.462. The van der Waals surface area contributed by atoms with Crippen molar-refractivity contribution in [1.82, 2.24) is 14.2 Å². The van der Waals surface area contributed by atoms with E-state index in [0.29, 0.717) is 28.8 Å². The number of nitrogens with zero attached hydrogens (tertiary/aromatic N) is 4. The number of aromatic nitrogens is 1. The molecule has 7 nitrogen and oxygen atoms in total. The smallest absolute Gasteiger partial charge is 0.260 e. The predicted octanol–water partition coefficient (Wildman–Crippen LogP) is 5.84. The average molecular weight is 586 g/mol. The molecule has 37 heavy (non-hydrogen) atoms. The van der Waals surface area contributed by atoms with E-state index in [0.717, 1.165) is 47.9 Å². The van der Waals surface area contributed by atoms with Crippen molar-refractivity contribution in [2.45, 2.75) is 50.0 Å². The van der Waals surface area contributed by atoms with E-state index in [1.54, 1.807) is 24.1 Å². The molecule has 1 fully saturated rings. The Labute approximate surface area is 234 Å². The van der Waals surface area contributed by atoms with Crippen LogP contribution in [0.4, 0.5) is 5.13 Å². The molecular formula is C26H34Cl2N4O3S2. The maximum atomic E-state index is 13.6. The molecule has 0 radical (unpaired) electrons. The number of rotatable bonds is 8. The van der Waals surface area contributed by atoms with Crippen molar-refractivity contribution < 1.29 is 13.2 Å². The highest BCUT2D eigenvalue weighted by atomic mass is 35.5. The monoisotopic (exact) mass is 584 g/mol. The maximum absolute atomic E-state index is 13.6. The topological polar surface area (TPSA) is 73.8 Å². The van der Waals surface area contributed by atoms with Crippen molar-refractivity contribution in [3.8, 4) is 0 Å². The van der Waals surface area contributed by atoms with Gasteiger partial charge in [-0.15, -0.1) is 12.4 Å². The van der Waals surface area contributed by atoms with Crippen LogP contribution in [-0.2, 0) is 10.0 Å². The number of carbonyl (C=O) groups is 1. The van der Waals surface area contributed by atoms with Gasteiger partial charge in [-0.25, -0.2) is 13.4 Å². The van der Waals surface area contributed by atoms with Crippen LogP contribution >= 0.6 is 35.3 Å². The second-order valence-corrected chi connectivity index (χ2v) is 13.1. The number of sulfonamides is 1. The van der Waals surface area contributed by atoms with Crippen LogP contribution in [-0.4, -0.2) is 68.8 Å². The van der Waals surface area contributed by atoms with Crippen molar-refractivity contribution in [2.75, 3.05) is 39.1 Å². The van der Waals surface area contributed by atoms with Crippen LogP contribution in [0.1, 0.15) is 48.0 Å². The Morgan fingerprint density at radius 1 is 1.05 bits per heavy atom. The number of hydrogen-bond donors (Lipinski definition) is 0. The first kappa shape index (κ1) is 29.8. The van der Waals surface area contributed by atoms with Gasteiger partial charge in [0.05, 0.1) is 15.1 Å². The van der Waals surface area contributed by atoms with Crippen LogP contribution in [0.15, 0.2) is 41.3 Å². The molecule has 1 heterocycles. The third kappa shape index (κ3) is 6.64. The van der Waals surface area contributed by atoms with Gasteiger partial charge in [0.1, 0.15) is 0 Å². The molecule has 0 aliphatic heterocycles. The summed E-state index contributed by atoms with van der Waals surface area (Å²) >= 11 is 7.66. The summed E-state index contributed by atoms with van der Waals surface area (Å²) in [6, 6.07) is 10.0. The fourth-order valence-electron chi connectivity index (χ4n) is 4.57. The van der Waals surface area contributed by atoms with E-state index < -0.39 is 10.0 Å². The van der Waals surface area contributed by atoms with Crippen LogP contribution in [0.3, 0.4) is 0 Å². The zero-order valence-electron chi connectivity index (χ0n) is 21.6. The second-order valence-electron chi connectivity index (χ2n) is 9.66. The number of likely N-dealkylation sites (N-methyl/N-ethyl adjacent to an activating group) is 1. The molecule has 0 unspecified atom stereocenters. The van der Waals surface area contributed by atoms with E-state index >= 15 is 0 Å². The molecule has 1 amide bonds. The van der Waals surface area contributed by atoms with Crippen LogP contribution in [0.25, 0.3) is 10.2 Å². The number of halogens is 2. The summed E-state index contributed by atoms with van der Waals surface area (Å²) in [6.45, 7) is 3.05. The number of anilines is 1. The van der Waals surface area contributed by atoms with Crippen LogP contribution < -0.4 is 4.90 Å². The van der Waals surface area contributed by atoms with E-state index in [1.807, 2.05) is 38.1 Å². The Kier molecular flexibility index (Phi) is 9.99. The van der Waals surface area contributed by atoms with E-state index in [4.69, 9.17) is 16.6 Å². The van der Waals surface area contributed by atoms with Gasteiger partial charge in [0.15, 0.2) is 5.13 Å². The van der Waals surface area contributed by atoms with E-state index in [9.17, 15) is 13.2 Å². The number of hydrogen-bond acceptors (Lipinski definition) is 6. The minimum atomic E-state index is -3.62. The summed E-state index contributed by atoms with van der Waals surface area (Å²) < 4.78 is 28.8. The van der Waals surface area contributed by atoms with Gasteiger partial charge in [-0.1, -0.05) is 42.2 Å².